The highest BCUT2D eigenvalue weighted by Gasteiger charge is 2.33. The van der Waals surface area contributed by atoms with E-state index in [1.165, 1.54) is 11.8 Å². The molecule has 0 fully saturated rings. The molecule has 0 bridgehead atoms. The molecule has 8 nitrogen and oxygen atoms in total. The van der Waals surface area contributed by atoms with E-state index in [0.717, 1.165) is 5.56 Å². The number of benzene rings is 2. The molecule has 0 unspecified atom stereocenters. The summed E-state index contributed by atoms with van der Waals surface area (Å²) in [5.74, 6) is 0.456. The van der Waals surface area contributed by atoms with Crippen LogP contribution in [-0.2, 0) is 9.59 Å². The first kappa shape index (κ1) is 18.0. The van der Waals surface area contributed by atoms with E-state index in [1.54, 1.807) is 48.5 Å². The van der Waals surface area contributed by atoms with Crippen LogP contribution in [0.3, 0.4) is 0 Å². The van der Waals surface area contributed by atoms with Crippen LogP contribution in [0.1, 0.15) is 12.5 Å². The second-order valence-electron chi connectivity index (χ2n) is 6.17. The molecular weight excluding hydrogens is 382 g/mol. The zero-order chi connectivity index (χ0) is 19.7. The molecule has 2 amide bonds. The van der Waals surface area contributed by atoms with Crippen LogP contribution in [0.2, 0.25) is 5.02 Å². The van der Waals surface area contributed by atoms with E-state index in [2.05, 4.69) is 20.7 Å². The predicted octanol–water partition coefficient (Wildman–Crippen LogP) is 3.13. The standard InChI is InChI=1S/C19H16ClN5O3/c1-28-15-5-3-2-4-13(15)21-18(27)14-10-16(26)22-19-23-17(24-25(14)19)11-6-8-12(20)9-7-11/h2-9,14H,10H2,1H3,(H,21,27)(H,22,23,24,26)/t14-/m1/s1. The SMILES string of the molecule is COc1ccccc1NC(=O)[C@H]1CC(=O)Nc2nc(-c3ccc(Cl)cc3)nn21. The summed E-state index contributed by atoms with van der Waals surface area (Å²) in [6.07, 6.45) is -0.0442. The largest absolute Gasteiger partial charge is 0.495 e. The molecule has 2 heterocycles. The van der Waals surface area contributed by atoms with Crippen molar-refractivity contribution in [1.82, 2.24) is 14.8 Å². The topological polar surface area (TPSA) is 98.1 Å². The maximum atomic E-state index is 12.9. The number of anilines is 2. The van der Waals surface area contributed by atoms with Gasteiger partial charge in [-0.3, -0.25) is 14.9 Å². The average Bonchev–Trinajstić information content (AvgIpc) is 3.12. The quantitative estimate of drug-likeness (QED) is 0.704. The van der Waals surface area contributed by atoms with Crippen LogP contribution in [0, 0.1) is 0 Å². The van der Waals surface area contributed by atoms with Crippen LogP contribution >= 0.6 is 11.6 Å². The lowest BCUT2D eigenvalue weighted by Crippen LogP contribution is -2.36. The Hall–Kier alpha value is -3.39. The molecule has 0 spiro atoms. The van der Waals surface area contributed by atoms with Gasteiger partial charge in [-0.2, -0.15) is 4.98 Å². The van der Waals surface area contributed by atoms with Crippen molar-refractivity contribution < 1.29 is 14.3 Å². The van der Waals surface area contributed by atoms with Gasteiger partial charge < -0.3 is 10.1 Å². The minimum Gasteiger partial charge on any atom is -0.495 e. The fourth-order valence-electron chi connectivity index (χ4n) is 2.95. The van der Waals surface area contributed by atoms with Gasteiger partial charge in [0.05, 0.1) is 19.2 Å². The Labute approximate surface area is 165 Å². The Balaban J connectivity index is 1.65. The molecule has 4 rings (SSSR count). The van der Waals surface area contributed by atoms with Crippen LogP contribution < -0.4 is 15.4 Å². The Morgan fingerprint density at radius 2 is 2.00 bits per heavy atom. The fraction of sp³-hybridized carbons (Fsp3) is 0.158. The average molecular weight is 398 g/mol. The molecule has 1 aromatic heterocycles. The highest BCUT2D eigenvalue weighted by molar-refractivity contribution is 6.30. The summed E-state index contributed by atoms with van der Waals surface area (Å²) < 4.78 is 6.68. The van der Waals surface area contributed by atoms with Gasteiger partial charge in [0.25, 0.3) is 0 Å². The minimum atomic E-state index is -0.831. The third kappa shape index (κ3) is 3.41. The van der Waals surface area contributed by atoms with Gasteiger partial charge in [-0.1, -0.05) is 23.7 Å². The summed E-state index contributed by atoms with van der Waals surface area (Å²) in [6, 6.07) is 13.2. The normalized spacial score (nSPS) is 15.5. The monoisotopic (exact) mass is 397 g/mol. The molecule has 1 aliphatic rings. The summed E-state index contributed by atoms with van der Waals surface area (Å²) in [6.45, 7) is 0. The van der Waals surface area contributed by atoms with Crippen molar-refractivity contribution in [2.75, 3.05) is 17.7 Å². The lowest BCUT2D eigenvalue weighted by molar-refractivity contribution is -0.125. The lowest BCUT2D eigenvalue weighted by Gasteiger charge is -2.22. The van der Waals surface area contributed by atoms with E-state index in [0.29, 0.717) is 22.3 Å². The van der Waals surface area contributed by atoms with Crippen LogP contribution in [0.25, 0.3) is 11.4 Å². The van der Waals surface area contributed by atoms with Gasteiger partial charge in [-0.15, -0.1) is 5.10 Å². The van der Waals surface area contributed by atoms with Gasteiger partial charge in [-0.05, 0) is 36.4 Å². The number of nitrogens with zero attached hydrogens (tertiary/aromatic N) is 3. The number of amides is 2. The number of hydrogen-bond acceptors (Lipinski definition) is 5. The summed E-state index contributed by atoms with van der Waals surface area (Å²) in [5.41, 5.74) is 1.24. The van der Waals surface area contributed by atoms with Gasteiger partial charge >= 0.3 is 0 Å². The van der Waals surface area contributed by atoms with E-state index >= 15 is 0 Å². The third-order valence-electron chi connectivity index (χ3n) is 4.33. The smallest absolute Gasteiger partial charge is 0.250 e. The number of halogens is 1. The molecule has 2 aromatic carbocycles. The van der Waals surface area contributed by atoms with Gasteiger partial charge in [-0.25, -0.2) is 4.68 Å². The molecule has 0 aliphatic carbocycles. The number of aromatic nitrogens is 3. The molecule has 28 heavy (non-hydrogen) atoms. The van der Waals surface area contributed by atoms with Gasteiger partial charge in [0.2, 0.25) is 17.8 Å². The van der Waals surface area contributed by atoms with Crippen LogP contribution in [-0.4, -0.2) is 33.7 Å². The Kier molecular flexibility index (Phi) is 4.70. The van der Waals surface area contributed by atoms with Crippen molar-refractivity contribution in [3.63, 3.8) is 0 Å². The first-order valence-electron chi connectivity index (χ1n) is 8.51. The molecule has 0 radical (unpaired) electrons. The molecule has 1 aliphatic heterocycles. The fourth-order valence-corrected chi connectivity index (χ4v) is 3.08. The predicted molar refractivity (Wildman–Crippen MR) is 104 cm³/mol. The molecule has 2 N–H and O–H groups in total. The van der Waals surface area contributed by atoms with E-state index in [4.69, 9.17) is 16.3 Å². The molecule has 142 valence electrons. The maximum Gasteiger partial charge on any atom is 0.250 e. The zero-order valence-electron chi connectivity index (χ0n) is 14.8. The van der Waals surface area contributed by atoms with Crippen molar-refractivity contribution in [1.29, 1.82) is 0 Å². The van der Waals surface area contributed by atoms with Crippen LogP contribution in [0.4, 0.5) is 11.6 Å². The first-order valence-corrected chi connectivity index (χ1v) is 8.89. The molecule has 0 saturated heterocycles. The van der Waals surface area contributed by atoms with Crippen molar-refractivity contribution in [2.45, 2.75) is 12.5 Å². The molecule has 1 atom stereocenters. The summed E-state index contributed by atoms with van der Waals surface area (Å²) in [7, 11) is 1.52. The zero-order valence-corrected chi connectivity index (χ0v) is 15.6. The third-order valence-corrected chi connectivity index (χ3v) is 4.58. The van der Waals surface area contributed by atoms with Crippen LogP contribution in [0.15, 0.2) is 48.5 Å². The number of fused-ring (bicyclic) bond motifs is 1. The lowest BCUT2D eigenvalue weighted by atomic mass is 10.1. The number of rotatable bonds is 4. The molecular formula is C19H16ClN5O3. The van der Waals surface area contributed by atoms with Crippen molar-refractivity contribution >= 4 is 35.1 Å². The van der Waals surface area contributed by atoms with Gasteiger partial charge in [0.1, 0.15) is 11.8 Å². The van der Waals surface area contributed by atoms with Crippen molar-refractivity contribution in [2.24, 2.45) is 0 Å². The second kappa shape index (κ2) is 7.32. The van der Waals surface area contributed by atoms with Crippen LogP contribution in [0.5, 0.6) is 5.75 Å². The van der Waals surface area contributed by atoms with Crippen molar-refractivity contribution in [3.05, 3.63) is 53.6 Å². The number of para-hydroxylation sites is 2. The van der Waals surface area contributed by atoms with E-state index in [9.17, 15) is 9.59 Å². The number of nitrogens with one attached hydrogen (secondary N) is 2. The Morgan fingerprint density at radius 3 is 2.75 bits per heavy atom. The molecule has 9 heteroatoms. The second-order valence-corrected chi connectivity index (χ2v) is 6.60. The molecule has 3 aromatic rings. The number of carbonyl (C=O) groups is 2. The summed E-state index contributed by atoms with van der Waals surface area (Å²) >= 11 is 5.92. The van der Waals surface area contributed by atoms with E-state index < -0.39 is 6.04 Å². The number of hydrogen-bond donors (Lipinski definition) is 2. The van der Waals surface area contributed by atoms with Crippen molar-refractivity contribution in [3.8, 4) is 17.1 Å². The highest BCUT2D eigenvalue weighted by Crippen LogP contribution is 2.29. The maximum absolute atomic E-state index is 12.9. The number of carbonyl (C=O) groups excluding carboxylic acids is 2. The first-order chi connectivity index (χ1) is 13.5. The number of ether oxygens (including phenoxy) is 1. The summed E-state index contributed by atoms with van der Waals surface area (Å²) in [4.78, 5) is 29.3. The van der Waals surface area contributed by atoms with E-state index in [-0.39, 0.29) is 24.2 Å². The van der Waals surface area contributed by atoms with Gasteiger partial charge in [0, 0.05) is 10.6 Å². The minimum absolute atomic E-state index is 0.0442. The van der Waals surface area contributed by atoms with Gasteiger partial charge in [0.15, 0.2) is 5.82 Å². The summed E-state index contributed by atoms with van der Waals surface area (Å²) in [5, 5.41) is 10.5. The molecule has 0 saturated carbocycles. The Morgan fingerprint density at radius 1 is 1.25 bits per heavy atom. The van der Waals surface area contributed by atoms with E-state index in [1.807, 2.05) is 0 Å². The Bertz CT molecular complexity index is 1050. The number of methoxy groups -OCH3 is 1. The highest BCUT2D eigenvalue weighted by atomic mass is 35.5.